The maximum Gasteiger partial charge on any atom is 0.0634 e. The maximum absolute atomic E-state index is 6.33. The normalized spacial score (nSPS) is 38.1. The van der Waals surface area contributed by atoms with E-state index in [0.29, 0.717) is 16.9 Å². The zero-order chi connectivity index (χ0) is 9.47. The van der Waals surface area contributed by atoms with Gasteiger partial charge in [0.15, 0.2) is 0 Å². The van der Waals surface area contributed by atoms with Gasteiger partial charge in [0.25, 0.3) is 0 Å². The number of halogens is 1. The van der Waals surface area contributed by atoms with Crippen LogP contribution in [0.5, 0.6) is 0 Å². The van der Waals surface area contributed by atoms with Crippen molar-refractivity contribution < 1.29 is 4.74 Å². The molecule has 2 heteroatoms. The van der Waals surface area contributed by atoms with Crippen LogP contribution in [0.1, 0.15) is 39.0 Å². The standard InChI is InChI=1S/C11H19ClO/c1-3-9(12)8-7-10(13-2)11(8)5-4-6-11/h8-10H,3-7H2,1-2H3. The van der Waals surface area contributed by atoms with Crippen molar-refractivity contribution in [3.8, 4) is 0 Å². The van der Waals surface area contributed by atoms with Crippen molar-refractivity contribution >= 4 is 11.6 Å². The number of hydrogen-bond acceptors (Lipinski definition) is 1. The summed E-state index contributed by atoms with van der Waals surface area (Å²) in [5, 5.41) is 0.381. The SMILES string of the molecule is CCC(Cl)C1CC(OC)C12CCC2. The summed E-state index contributed by atoms with van der Waals surface area (Å²) < 4.78 is 5.51. The Morgan fingerprint density at radius 2 is 2.23 bits per heavy atom. The van der Waals surface area contributed by atoms with Crippen LogP contribution >= 0.6 is 11.6 Å². The van der Waals surface area contributed by atoms with Gasteiger partial charge in [-0.15, -0.1) is 11.6 Å². The predicted molar refractivity (Wildman–Crippen MR) is 55.1 cm³/mol. The van der Waals surface area contributed by atoms with Crippen molar-refractivity contribution in [3.05, 3.63) is 0 Å². The highest BCUT2D eigenvalue weighted by Gasteiger charge is 2.59. The van der Waals surface area contributed by atoms with E-state index in [2.05, 4.69) is 6.92 Å². The Labute approximate surface area is 85.8 Å². The monoisotopic (exact) mass is 202 g/mol. The van der Waals surface area contributed by atoms with Crippen LogP contribution in [0.3, 0.4) is 0 Å². The van der Waals surface area contributed by atoms with Crippen molar-refractivity contribution in [3.63, 3.8) is 0 Å². The van der Waals surface area contributed by atoms with Crippen molar-refractivity contribution in [1.29, 1.82) is 0 Å². The van der Waals surface area contributed by atoms with Gasteiger partial charge < -0.3 is 4.74 Å². The van der Waals surface area contributed by atoms with E-state index in [1.807, 2.05) is 7.11 Å². The average Bonchev–Trinajstić information content (AvgIpc) is 2.00. The Morgan fingerprint density at radius 3 is 2.62 bits per heavy atom. The summed E-state index contributed by atoms with van der Waals surface area (Å²) in [4.78, 5) is 0. The van der Waals surface area contributed by atoms with Gasteiger partial charge in [-0.3, -0.25) is 0 Å². The Kier molecular flexibility index (Phi) is 2.59. The molecule has 0 aromatic carbocycles. The summed E-state index contributed by atoms with van der Waals surface area (Å²) >= 11 is 6.33. The van der Waals surface area contributed by atoms with E-state index in [-0.39, 0.29) is 0 Å². The van der Waals surface area contributed by atoms with Crippen LogP contribution in [0.2, 0.25) is 0 Å². The first kappa shape index (κ1) is 9.79. The minimum Gasteiger partial charge on any atom is -0.381 e. The number of hydrogen-bond donors (Lipinski definition) is 0. The summed E-state index contributed by atoms with van der Waals surface area (Å²) in [6, 6.07) is 0. The Hall–Kier alpha value is 0.250. The van der Waals surface area contributed by atoms with Crippen LogP contribution in [-0.2, 0) is 4.74 Å². The number of ether oxygens (including phenoxy) is 1. The molecule has 0 N–H and O–H groups in total. The maximum atomic E-state index is 6.33. The van der Waals surface area contributed by atoms with E-state index in [1.54, 1.807) is 0 Å². The molecule has 0 heterocycles. The van der Waals surface area contributed by atoms with Crippen LogP contribution in [0.15, 0.2) is 0 Å². The van der Waals surface area contributed by atoms with Crippen LogP contribution in [0, 0.1) is 11.3 Å². The summed E-state index contributed by atoms with van der Waals surface area (Å²) in [6.07, 6.45) is 6.88. The molecule has 2 aliphatic rings. The van der Waals surface area contributed by atoms with Crippen LogP contribution in [0.4, 0.5) is 0 Å². The topological polar surface area (TPSA) is 9.23 Å². The molecule has 1 nitrogen and oxygen atoms in total. The zero-order valence-corrected chi connectivity index (χ0v) is 9.31. The second-order valence-corrected chi connectivity index (χ2v) is 5.14. The fourth-order valence-corrected chi connectivity index (χ4v) is 3.53. The smallest absolute Gasteiger partial charge is 0.0634 e. The lowest BCUT2D eigenvalue weighted by Gasteiger charge is -2.62. The molecule has 76 valence electrons. The molecular weight excluding hydrogens is 184 g/mol. The average molecular weight is 203 g/mol. The molecule has 0 amide bonds. The van der Waals surface area contributed by atoms with Crippen LogP contribution in [0.25, 0.3) is 0 Å². The molecular formula is C11H19ClO. The third-order valence-electron chi connectivity index (χ3n) is 4.24. The summed E-state index contributed by atoms with van der Waals surface area (Å²) in [5.41, 5.74) is 0.497. The first-order valence-electron chi connectivity index (χ1n) is 5.41. The number of alkyl halides is 1. The van der Waals surface area contributed by atoms with Gasteiger partial charge in [-0.1, -0.05) is 13.3 Å². The second kappa shape index (κ2) is 3.43. The Balaban J connectivity index is 2.01. The highest BCUT2D eigenvalue weighted by molar-refractivity contribution is 6.20. The van der Waals surface area contributed by atoms with E-state index < -0.39 is 0 Å². The first-order valence-corrected chi connectivity index (χ1v) is 5.85. The van der Waals surface area contributed by atoms with E-state index in [9.17, 15) is 0 Å². The van der Waals surface area contributed by atoms with Crippen LogP contribution < -0.4 is 0 Å². The molecule has 2 aliphatic carbocycles. The van der Waals surface area contributed by atoms with E-state index in [1.165, 1.54) is 25.7 Å². The number of rotatable bonds is 3. The first-order chi connectivity index (χ1) is 6.24. The van der Waals surface area contributed by atoms with E-state index in [0.717, 1.165) is 12.3 Å². The quantitative estimate of drug-likeness (QED) is 0.639. The summed E-state index contributed by atoms with van der Waals surface area (Å²) in [7, 11) is 1.84. The minimum absolute atomic E-state index is 0.381. The fraction of sp³-hybridized carbons (Fsp3) is 1.00. The zero-order valence-electron chi connectivity index (χ0n) is 8.55. The molecule has 0 aliphatic heterocycles. The molecule has 2 saturated carbocycles. The van der Waals surface area contributed by atoms with Gasteiger partial charge in [-0.25, -0.2) is 0 Å². The van der Waals surface area contributed by atoms with Gasteiger partial charge in [-0.2, -0.15) is 0 Å². The molecule has 0 aromatic rings. The lowest BCUT2D eigenvalue weighted by Crippen LogP contribution is -2.60. The van der Waals surface area contributed by atoms with Gasteiger partial charge in [0.1, 0.15) is 0 Å². The minimum atomic E-state index is 0.381. The van der Waals surface area contributed by atoms with Crippen molar-refractivity contribution in [2.75, 3.05) is 7.11 Å². The third kappa shape index (κ3) is 1.24. The summed E-state index contributed by atoms with van der Waals surface area (Å²) in [5.74, 6) is 0.734. The van der Waals surface area contributed by atoms with E-state index >= 15 is 0 Å². The molecule has 0 saturated heterocycles. The molecule has 2 rings (SSSR count). The molecule has 3 atom stereocenters. The largest absolute Gasteiger partial charge is 0.381 e. The van der Waals surface area contributed by atoms with Crippen molar-refractivity contribution in [2.45, 2.75) is 50.5 Å². The second-order valence-electron chi connectivity index (χ2n) is 4.58. The Morgan fingerprint density at radius 1 is 1.54 bits per heavy atom. The third-order valence-corrected chi connectivity index (χ3v) is 4.86. The van der Waals surface area contributed by atoms with Crippen molar-refractivity contribution in [1.82, 2.24) is 0 Å². The molecule has 2 fully saturated rings. The molecule has 0 radical (unpaired) electrons. The van der Waals surface area contributed by atoms with Crippen molar-refractivity contribution in [2.24, 2.45) is 11.3 Å². The fourth-order valence-electron chi connectivity index (χ4n) is 3.18. The van der Waals surface area contributed by atoms with Gasteiger partial charge >= 0.3 is 0 Å². The number of methoxy groups -OCH3 is 1. The van der Waals surface area contributed by atoms with Gasteiger partial charge in [0.05, 0.1) is 6.10 Å². The lowest BCUT2D eigenvalue weighted by molar-refractivity contribution is -0.185. The molecule has 0 aromatic heterocycles. The van der Waals surface area contributed by atoms with Gasteiger partial charge in [0.2, 0.25) is 0 Å². The van der Waals surface area contributed by atoms with Crippen LogP contribution in [-0.4, -0.2) is 18.6 Å². The summed E-state index contributed by atoms with van der Waals surface area (Å²) in [6.45, 7) is 2.18. The van der Waals surface area contributed by atoms with Gasteiger partial charge in [0, 0.05) is 17.9 Å². The molecule has 0 bridgehead atoms. The highest BCUT2D eigenvalue weighted by Crippen LogP contribution is 2.62. The highest BCUT2D eigenvalue weighted by atomic mass is 35.5. The Bertz CT molecular complexity index is 189. The molecule has 1 spiro atoms. The predicted octanol–water partition coefficient (Wildman–Crippen LogP) is 3.21. The molecule has 3 unspecified atom stereocenters. The lowest BCUT2D eigenvalue weighted by atomic mass is 9.47. The van der Waals surface area contributed by atoms with Gasteiger partial charge in [-0.05, 0) is 31.6 Å². The van der Waals surface area contributed by atoms with E-state index in [4.69, 9.17) is 16.3 Å². The molecule has 13 heavy (non-hydrogen) atoms.